The Bertz CT molecular complexity index is 2490. The maximum absolute atomic E-state index is 6.25. The number of hydrogen-bond acceptors (Lipinski definition) is 2. The van der Waals surface area contributed by atoms with Gasteiger partial charge in [0.05, 0.1) is 0 Å². The maximum Gasteiger partial charge on any atom is 0.227 e. The first kappa shape index (κ1) is 23.9. The average molecular weight is 548 g/mol. The minimum Gasteiger partial charge on any atom is -0.436 e. The molecule has 8 aromatic carbocycles. The molecular formula is C41H25NO. The van der Waals surface area contributed by atoms with E-state index in [1.165, 1.54) is 65.3 Å². The van der Waals surface area contributed by atoms with Crippen LogP contribution in [-0.2, 0) is 0 Å². The number of hydrogen-bond donors (Lipinski definition) is 0. The molecule has 0 amide bonds. The monoisotopic (exact) mass is 547 g/mol. The molecule has 0 N–H and O–H groups in total. The van der Waals surface area contributed by atoms with Crippen LogP contribution in [0.3, 0.4) is 0 Å². The predicted octanol–water partition coefficient (Wildman–Crippen LogP) is 11.4. The molecule has 0 unspecified atom stereocenters. The molecule has 1 heterocycles. The van der Waals surface area contributed by atoms with Crippen LogP contribution in [0.5, 0.6) is 0 Å². The van der Waals surface area contributed by atoms with Gasteiger partial charge in [0, 0.05) is 5.56 Å². The molecule has 0 saturated carbocycles. The van der Waals surface area contributed by atoms with Crippen molar-refractivity contribution in [3.8, 4) is 33.7 Å². The van der Waals surface area contributed by atoms with E-state index in [4.69, 9.17) is 9.40 Å². The molecule has 0 bridgehead atoms. The number of para-hydroxylation sites is 2. The number of aromatic nitrogens is 1. The van der Waals surface area contributed by atoms with Crippen molar-refractivity contribution >= 4 is 54.2 Å². The highest BCUT2D eigenvalue weighted by molar-refractivity contribution is 6.22. The number of rotatable bonds is 3. The molecule has 0 saturated heterocycles. The normalized spacial score (nSPS) is 11.7. The van der Waals surface area contributed by atoms with Crippen molar-refractivity contribution in [2.24, 2.45) is 0 Å². The molecule has 1 aromatic heterocycles. The van der Waals surface area contributed by atoms with E-state index in [0.29, 0.717) is 5.89 Å². The summed E-state index contributed by atoms with van der Waals surface area (Å²) in [5.74, 6) is 0.632. The van der Waals surface area contributed by atoms with E-state index in [9.17, 15) is 0 Å². The number of fused-ring (bicyclic) bond motifs is 5. The van der Waals surface area contributed by atoms with Crippen molar-refractivity contribution < 1.29 is 4.42 Å². The van der Waals surface area contributed by atoms with Crippen molar-refractivity contribution in [3.63, 3.8) is 0 Å². The number of oxazole rings is 1. The third-order valence-electron chi connectivity index (χ3n) is 8.64. The van der Waals surface area contributed by atoms with Crippen LogP contribution in [0.2, 0.25) is 0 Å². The van der Waals surface area contributed by atoms with Gasteiger partial charge in [0.1, 0.15) is 5.52 Å². The molecule has 0 fully saturated rings. The highest BCUT2D eigenvalue weighted by atomic mass is 16.3. The Morgan fingerprint density at radius 3 is 1.53 bits per heavy atom. The van der Waals surface area contributed by atoms with Crippen molar-refractivity contribution in [1.82, 2.24) is 4.98 Å². The SMILES string of the molecule is c1ccc2cc(-c3c4ccccc4c(-c4ccc5ccccc5c4)c4cc(-c5nc6ccccc6o5)ccc34)ccc2c1. The second-order valence-electron chi connectivity index (χ2n) is 11.2. The molecule has 2 heteroatoms. The summed E-state index contributed by atoms with van der Waals surface area (Å²) in [4.78, 5) is 4.84. The standard InChI is InChI=1S/C41H25NO/c1-3-11-28-23-30(19-17-26(28)9-1)39-33-13-5-6-14-34(33)40(31-20-18-27-10-2-4-12-29(27)24-31)36-25-32(21-22-35(36)39)41-42-37-15-7-8-16-38(37)43-41/h1-25H. The third kappa shape index (κ3) is 3.84. The zero-order valence-corrected chi connectivity index (χ0v) is 23.3. The van der Waals surface area contributed by atoms with E-state index in [2.05, 4.69) is 127 Å². The van der Waals surface area contributed by atoms with Crippen molar-refractivity contribution in [2.75, 3.05) is 0 Å². The van der Waals surface area contributed by atoms with E-state index in [-0.39, 0.29) is 0 Å². The lowest BCUT2D eigenvalue weighted by Crippen LogP contribution is -1.92. The highest BCUT2D eigenvalue weighted by Gasteiger charge is 2.19. The average Bonchev–Trinajstić information content (AvgIpc) is 3.51. The Kier molecular flexibility index (Phi) is 5.23. The summed E-state index contributed by atoms with van der Waals surface area (Å²) >= 11 is 0. The van der Waals surface area contributed by atoms with Crippen LogP contribution in [0, 0.1) is 0 Å². The Hall–Kier alpha value is -5.73. The minimum atomic E-state index is 0.632. The summed E-state index contributed by atoms with van der Waals surface area (Å²) in [7, 11) is 0. The van der Waals surface area contributed by atoms with Gasteiger partial charge < -0.3 is 4.42 Å². The molecule has 43 heavy (non-hydrogen) atoms. The van der Waals surface area contributed by atoms with Crippen LogP contribution in [0.25, 0.3) is 87.9 Å². The Morgan fingerprint density at radius 2 is 0.884 bits per heavy atom. The van der Waals surface area contributed by atoms with Crippen molar-refractivity contribution in [1.29, 1.82) is 0 Å². The summed E-state index contributed by atoms with van der Waals surface area (Å²) in [5.41, 5.74) is 7.49. The van der Waals surface area contributed by atoms with Gasteiger partial charge in [0.25, 0.3) is 0 Å². The quantitative estimate of drug-likeness (QED) is 0.206. The Labute approximate surface area is 248 Å². The Balaban J connectivity index is 1.40. The van der Waals surface area contributed by atoms with E-state index in [1.54, 1.807) is 0 Å². The number of nitrogens with zero attached hydrogens (tertiary/aromatic N) is 1. The lowest BCUT2D eigenvalue weighted by Gasteiger charge is -2.19. The van der Waals surface area contributed by atoms with E-state index < -0.39 is 0 Å². The predicted molar refractivity (Wildman–Crippen MR) is 180 cm³/mol. The van der Waals surface area contributed by atoms with Crippen molar-refractivity contribution in [2.45, 2.75) is 0 Å². The summed E-state index contributed by atoms with van der Waals surface area (Å²) in [6.45, 7) is 0. The molecular weight excluding hydrogens is 522 g/mol. The van der Waals surface area contributed by atoms with Gasteiger partial charge in [-0.15, -0.1) is 0 Å². The van der Waals surface area contributed by atoms with E-state index in [0.717, 1.165) is 16.7 Å². The maximum atomic E-state index is 6.25. The van der Waals surface area contributed by atoms with Crippen LogP contribution in [0.15, 0.2) is 156 Å². The molecule has 0 aliphatic heterocycles. The lowest BCUT2D eigenvalue weighted by molar-refractivity contribution is 0.620. The second kappa shape index (κ2) is 9.40. The lowest BCUT2D eigenvalue weighted by atomic mass is 9.84. The fourth-order valence-corrected chi connectivity index (χ4v) is 6.62. The van der Waals surface area contributed by atoms with E-state index >= 15 is 0 Å². The van der Waals surface area contributed by atoms with Crippen LogP contribution in [0.4, 0.5) is 0 Å². The summed E-state index contributed by atoms with van der Waals surface area (Å²) in [5, 5.41) is 9.79. The Morgan fingerprint density at radius 1 is 0.372 bits per heavy atom. The van der Waals surface area contributed by atoms with Gasteiger partial charge in [-0.1, -0.05) is 115 Å². The van der Waals surface area contributed by atoms with Crippen LogP contribution < -0.4 is 0 Å². The first-order valence-corrected chi connectivity index (χ1v) is 14.6. The summed E-state index contributed by atoms with van der Waals surface area (Å²) in [6, 6.07) is 54.2. The first-order chi connectivity index (χ1) is 21.3. The van der Waals surface area contributed by atoms with E-state index in [1.807, 2.05) is 24.3 Å². The van der Waals surface area contributed by atoms with Gasteiger partial charge in [-0.05, 0) is 102 Å². The molecule has 9 rings (SSSR count). The van der Waals surface area contributed by atoms with Crippen LogP contribution >= 0.6 is 0 Å². The third-order valence-corrected chi connectivity index (χ3v) is 8.64. The van der Waals surface area contributed by atoms with Crippen LogP contribution in [-0.4, -0.2) is 4.98 Å². The topological polar surface area (TPSA) is 26.0 Å². The summed E-state index contributed by atoms with van der Waals surface area (Å²) in [6.07, 6.45) is 0. The van der Waals surface area contributed by atoms with Gasteiger partial charge in [0.2, 0.25) is 5.89 Å². The second-order valence-corrected chi connectivity index (χ2v) is 11.2. The molecule has 0 spiro atoms. The fourth-order valence-electron chi connectivity index (χ4n) is 6.62. The zero-order valence-electron chi connectivity index (χ0n) is 23.3. The summed E-state index contributed by atoms with van der Waals surface area (Å²) < 4.78 is 6.25. The number of benzene rings is 8. The molecule has 0 radical (unpaired) electrons. The largest absolute Gasteiger partial charge is 0.436 e. The fraction of sp³-hybridized carbons (Fsp3) is 0. The smallest absolute Gasteiger partial charge is 0.227 e. The van der Waals surface area contributed by atoms with Gasteiger partial charge in [-0.25, -0.2) is 4.98 Å². The first-order valence-electron chi connectivity index (χ1n) is 14.6. The molecule has 2 nitrogen and oxygen atoms in total. The molecule has 0 aliphatic carbocycles. The molecule has 9 aromatic rings. The van der Waals surface area contributed by atoms with Crippen molar-refractivity contribution in [3.05, 3.63) is 152 Å². The molecule has 200 valence electrons. The molecule has 0 atom stereocenters. The highest BCUT2D eigenvalue weighted by Crippen LogP contribution is 2.45. The van der Waals surface area contributed by atoms with Crippen LogP contribution in [0.1, 0.15) is 0 Å². The van der Waals surface area contributed by atoms with Gasteiger partial charge in [-0.2, -0.15) is 0 Å². The molecule has 0 aliphatic rings. The zero-order chi connectivity index (χ0) is 28.3. The van der Waals surface area contributed by atoms with Gasteiger partial charge >= 0.3 is 0 Å². The minimum absolute atomic E-state index is 0.632. The van der Waals surface area contributed by atoms with Gasteiger partial charge in [-0.3, -0.25) is 0 Å². The van der Waals surface area contributed by atoms with Gasteiger partial charge in [0.15, 0.2) is 5.58 Å².